The molecule has 1 aromatic carbocycles. The second-order valence-electron chi connectivity index (χ2n) is 5.58. The van der Waals surface area contributed by atoms with Crippen molar-refractivity contribution in [2.24, 2.45) is 5.73 Å². The summed E-state index contributed by atoms with van der Waals surface area (Å²) in [5.41, 5.74) is 7.86. The van der Waals surface area contributed by atoms with Gasteiger partial charge in [0.05, 0.1) is 7.11 Å². The third-order valence-electron chi connectivity index (χ3n) is 3.95. The van der Waals surface area contributed by atoms with Gasteiger partial charge in [0.2, 0.25) is 5.91 Å². The number of primary amides is 1. The highest BCUT2D eigenvalue weighted by Gasteiger charge is 2.30. The minimum Gasteiger partial charge on any atom is -0.493 e. The first-order valence-electron chi connectivity index (χ1n) is 7.43. The number of nitrogens with two attached hydrogens (primary N) is 1. The Bertz CT molecular complexity index is 799. The number of ether oxygens (including phenoxy) is 2. The van der Waals surface area contributed by atoms with Gasteiger partial charge in [0.25, 0.3) is 5.91 Å². The molecule has 126 valence electrons. The van der Waals surface area contributed by atoms with Crippen LogP contribution in [0.5, 0.6) is 11.5 Å². The fourth-order valence-corrected chi connectivity index (χ4v) is 2.88. The minimum atomic E-state index is -0.566. The summed E-state index contributed by atoms with van der Waals surface area (Å²) in [6.07, 6.45) is 0.317. The van der Waals surface area contributed by atoms with Gasteiger partial charge in [-0.1, -0.05) is 6.07 Å². The number of amides is 2. The third kappa shape index (κ3) is 2.90. The van der Waals surface area contributed by atoms with Crippen LogP contribution >= 0.6 is 0 Å². The van der Waals surface area contributed by atoms with Crippen LogP contribution in [0.25, 0.3) is 0 Å². The number of methoxy groups -OCH3 is 1. The molecule has 8 heteroatoms. The van der Waals surface area contributed by atoms with E-state index in [2.05, 4.69) is 15.5 Å². The summed E-state index contributed by atoms with van der Waals surface area (Å²) in [5.74, 6) is 0.663. The molecule has 2 aromatic rings. The Morgan fingerprint density at radius 1 is 1.42 bits per heavy atom. The molecule has 0 unspecified atom stereocenters. The van der Waals surface area contributed by atoms with Crippen molar-refractivity contribution in [3.8, 4) is 11.5 Å². The molecule has 0 fully saturated rings. The molecule has 0 radical (unpaired) electrons. The molecule has 8 nitrogen and oxygen atoms in total. The number of fused-ring (bicyclic) bond motifs is 1. The van der Waals surface area contributed by atoms with Gasteiger partial charge in [0.1, 0.15) is 0 Å². The number of H-pyrrole nitrogens is 1. The Hall–Kier alpha value is -3.03. The Labute approximate surface area is 138 Å². The number of hydrogen-bond acceptors (Lipinski definition) is 5. The molecule has 0 saturated carbocycles. The van der Waals surface area contributed by atoms with E-state index in [0.29, 0.717) is 23.7 Å². The predicted molar refractivity (Wildman–Crippen MR) is 86.1 cm³/mol. The van der Waals surface area contributed by atoms with E-state index in [1.807, 2.05) is 13.0 Å². The molecule has 0 bridgehead atoms. The molecular weight excluding hydrogens is 312 g/mol. The maximum absolute atomic E-state index is 11.9. The number of anilines is 1. The zero-order valence-corrected chi connectivity index (χ0v) is 13.4. The zero-order chi connectivity index (χ0) is 17.3. The summed E-state index contributed by atoms with van der Waals surface area (Å²) in [6.45, 7) is 1.68. The Morgan fingerprint density at radius 2 is 2.21 bits per heavy atom. The molecule has 1 aromatic heterocycles. The van der Waals surface area contributed by atoms with Crippen LogP contribution in [0, 0.1) is 6.92 Å². The molecule has 1 atom stereocenters. The molecule has 2 amide bonds. The number of aromatic nitrogens is 2. The molecule has 0 spiro atoms. The van der Waals surface area contributed by atoms with Gasteiger partial charge >= 0.3 is 0 Å². The average Bonchev–Trinajstić information content (AvgIpc) is 2.92. The van der Waals surface area contributed by atoms with Gasteiger partial charge in [-0.3, -0.25) is 14.7 Å². The smallest absolute Gasteiger partial charge is 0.255 e. The maximum Gasteiger partial charge on any atom is 0.255 e. The molecule has 2 heterocycles. The highest BCUT2D eigenvalue weighted by Crippen LogP contribution is 2.40. The SMILES string of the molecule is COc1cc([C@@H]2CC(=O)Nc3n[nH]c(C)c32)ccc1OCC(N)=O. The molecular formula is C16H18N4O4. The predicted octanol–water partition coefficient (Wildman–Crippen LogP) is 1.06. The number of hydrogen-bond donors (Lipinski definition) is 3. The van der Waals surface area contributed by atoms with Crippen LogP contribution in [0.2, 0.25) is 0 Å². The summed E-state index contributed by atoms with van der Waals surface area (Å²) in [7, 11) is 1.51. The van der Waals surface area contributed by atoms with Crippen molar-refractivity contribution in [3.05, 3.63) is 35.0 Å². The number of carbonyl (C=O) groups is 2. The molecule has 4 N–H and O–H groups in total. The van der Waals surface area contributed by atoms with Crippen molar-refractivity contribution < 1.29 is 19.1 Å². The summed E-state index contributed by atoms with van der Waals surface area (Å²) in [4.78, 5) is 22.8. The van der Waals surface area contributed by atoms with Gasteiger partial charge in [0.15, 0.2) is 23.9 Å². The maximum atomic E-state index is 11.9. The minimum absolute atomic E-state index is 0.0907. The number of nitrogens with zero attached hydrogens (tertiary/aromatic N) is 1. The summed E-state index contributed by atoms with van der Waals surface area (Å²) >= 11 is 0. The van der Waals surface area contributed by atoms with E-state index >= 15 is 0 Å². The lowest BCUT2D eigenvalue weighted by molar-refractivity contribution is -0.120. The first-order chi connectivity index (χ1) is 11.5. The third-order valence-corrected chi connectivity index (χ3v) is 3.95. The largest absolute Gasteiger partial charge is 0.493 e. The number of carbonyl (C=O) groups excluding carboxylic acids is 2. The van der Waals surface area contributed by atoms with E-state index in [0.717, 1.165) is 16.8 Å². The lowest BCUT2D eigenvalue weighted by atomic mass is 9.85. The number of rotatable bonds is 5. The van der Waals surface area contributed by atoms with Crippen molar-refractivity contribution in [2.75, 3.05) is 19.0 Å². The average molecular weight is 330 g/mol. The van der Waals surface area contributed by atoms with Crippen LogP contribution in [-0.4, -0.2) is 35.7 Å². The van der Waals surface area contributed by atoms with Crippen LogP contribution in [0.4, 0.5) is 5.82 Å². The number of aryl methyl sites for hydroxylation is 1. The van der Waals surface area contributed by atoms with Crippen LogP contribution < -0.4 is 20.5 Å². The molecule has 0 saturated heterocycles. The lowest BCUT2D eigenvalue weighted by Crippen LogP contribution is -2.23. The Morgan fingerprint density at radius 3 is 2.92 bits per heavy atom. The first-order valence-corrected chi connectivity index (χ1v) is 7.43. The molecule has 24 heavy (non-hydrogen) atoms. The van der Waals surface area contributed by atoms with Gasteiger partial charge in [-0.2, -0.15) is 5.10 Å². The second-order valence-corrected chi connectivity index (χ2v) is 5.58. The van der Waals surface area contributed by atoms with E-state index in [4.69, 9.17) is 15.2 Å². The van der Waals surface area contributed by atoms with Crippen LogP contribution in [0.15, 0.2) is 18.2 Å². The highest BCUT2D eigenvalue weighted by molar-refractivity contribution is 5.94. The standard InChI is InChI=1S/C16H18N4O4/c1-8-15-10(6-14(22)18-16(15)20-19-8)9-3-4-11(12(5-9)23-2)24-7-13(17)21/h3-5,10H,6-7H2,1-2H3,(H2,17,21)(H2,18,19,20,22)/t10-/m0/s1. The van der Waals surface area contributed by atoms with E-state index < -0.39 is 5.91 Å². The Balaban J connectivity index is 1.96. The summed E-state index contributed by atoms with van der Waals surface area (Å²) in [5, 5.41) is 9.79. The van der Waals surface area contributed by atoms with Gasteiger partial charge in [-0.05, 0) is 24.6 Å². The normalized spacial score (nSPS) is 16.2. The molecule has 3 rings (SSSR count). The van der Waals surface area contributed by atoms with Crippen molar-refractivity contribution in [2.45, 2.75) is 19.3 Å². The summed E-state index contributed by atoms with van der Waals surface area (Å²) in [6, 6.07) is 5.35. The van der Waals surface area contributed by atoms with E-state index in [9.17, 15) is 9.59 Å². The van der Waals surface area contributed by atoms with Gasteiger partial charge in [0, 0.05) is 23.6 Å². The van der Waals surface area contributed by atoms with Crippen molar-refractivity contribution in [1.29, 1.82) is 0 Å². The number of benzene rings is 1. The van der Waals surface area contributed by atoms with E-state index in [1.165, 1.54) is 7.11 Å². The molecule has 0 aliphatic carbocycles. The highest BCUT2D eigenvalue weighted by atomic mass is 16.5. The van der Waals surface area contributed by atoms with Crippen molar-refractivity contribution in [1.82, 2.24) is 10.2 Å². The fraction of sp³-hybridized carbons (Fsp3) is 0.312. The van der Waals surface area contributed by atoms with E-state index in [1.54, 1.807) is 12.1 Å². The number of aromatic amines is 1. The van der Waals surface area contributed by atoms with Crippen LogP contribution in [0.3, 0.4) is 0 Å². The van der Waals surface area contributed by atoms with Crippen LogP contribution in [0.1, 0.15) is 29.2 Å². The first kappa shape index (κ1) is 15.9. The van der Waals surface area contributed by atoms with Gasteiger partial charge < -0.3 is 20.5 Å². The Kier molecular flexibility index (Phi) is 4.11. The lowest BCUT2D eigenvalue weighted by Gasteiger charge is -2.23. The van der Waals surface area contributed by atoms with Gasteiger partial charge in [-0.25, -0.2) is 0 Å². The quantitative estimate of drug-likeness (QED) is 0.757. The number of nitrogens with one attached hydrogen (secondary N) is 2. The fourth-order valence-electron chi connectivity index (χ4n) is 2.88. The van der Waals surface area contributed by atoms with Crippen molar-refractivity contribution >= 4 is 17.6 Å². The van der Waals surface area contributed by atoms with Crippen molar-refractivity contribution in [3.63, 3.8) is 0 Å². The zero-order valence-electron chi connectivity index (χ0n) is 13.4. The monoisotopic (exact) mass is 330 g/mol. The van der Waals surface area contributed by atoms with E-state index in [-0.39, 0.29) is 18.4 Å². The topological polar surface area (TPSA) is 119 Å². The van der Waals surface area contributed by atoms with Gasteiger partial charge in [-0.15, -0.1) is 0 Å². The molecule has 1 aliphatic heterocycles. The molecule has 1 aliphatic rings. The summed E-state index contributed by atoms with van der Waals surface area (Å²) < 4.78 is 10.7. The van der Waals surface area contributed by atoms with Crippen LogP contribution in [-0.2, 0) is 9.59 Å². The second kappa shape index (κ2) is 6.23.